The highest BCUT2D eigenvalue weighted by Gasteiger charge is 2.06. The number of ether oxygens (including phenoxy) is 1. The minimum absolute atomic E-state index is 0.00446. The molecule has 0 aliphatic heterocycles. The molecule has 3 aromatic rings. The van der Waals surface area contributed by atoms with E-state index in [4.69, 9.17) is 4.74 Å². The molecule has 1 N–H and O–H groups in total. The average Bonchev–Trinajstić information content (AvgIpc) is 2.66. The Balaban J connectivity index is 1.56. The van der Waals surface area contributed by atoms with E-state index < -0.39 is 0 Å². The molecule has 0 fully saturated rings. The summed E-state index contributed by atoms with van der Waals surface area (Å²) < 4.78 is 5.58. The van der Waals surface area contributed by atoms with E-state index in [1.165, 1.54) is 5.56 Å². The van der Waals surface area contributed by atoms with Crippen LogP contribution < -0.4 is 10.1 Å². The first-order valence-corrected chi connectivity index (χ1v) is 8.67. The van der Waals surface area contributed by atoms with Gasteiger partial charge in [-0.3, -0.25) is 4.79 Å². The van der Waals surface area contributed by atoms with Gasteiger partial charge in [0.1, 0.15) is 5.75 Å². The second-order valence-corrected chi connectivity index (χ2v) is 6.28. The Morgan fingerprint density at radius 1 is 1.00 bits per heavy atom. The van der Waals surface area contributed by atoms with Gasteiger partial charge in [0.25, 0.3) is 5.91 Å². The summed E-state index contributed by atoms with van der Waals surface area (Å²) in [6, 6.07) is 21.9. The maximum atomic E-state index is 12.1. The van der Waals surface area contributed by atoms with Crippen LogP contribution in [-0.4, -0.2) is 12.5 Å². The first kappa shape index (κ1) is 17.0. The normalized spacial score (nSPS) is 11.9. The molecule has 0 bridgehead atoms. The molecule has 0 heterocycles. The van der Waals surface area contributed by atoms with Crippen molar-refractivity contribution in [1.82, 2.24) is 0 Å². The summed E-state index contributed by atoms with van der Waals surface area (Å²) in [4.78, 5) is 12.1. The Morgan fingerprint density at radius 3 is 2.44 bits per heavy atom. The van der Waals surface area contributed by atoms with E-state index in [1.54, 1.807) is 0 Å². The molecule has 3 heteroatoms. The van der Waals surface area contributed by atoms with Crippen LogP contribution in [0.4, 0.5) is 5.69 Å². The lowest BCUT2D eigenvalue weighted by molar-refractivity contribution is -0.118. The summed E-state index contributed by atoms with van der Waals surface area (Å²) in [5, 5.41) is 5.13. The summed E-state index contributed by atoms with van der Waals surface area (Å²) in [7, 11) is 0. The van der Waals surface area contributed by atoms with Gasteiger partial charge in [0.2, 0.25) is 0 Å². The third-order valence-electron chi connectivity index (χ3n) is 4.46. The molecule has 0 radical (unpaired) electrons. The number of fused-ring (bicyclic) bond motifs is 1. The number of nitrogens with one attached hydrogen (secondary N) is 1. The minimum Gasteiger partial charge on any atom is -0.484 e. The van der Waals surface area contributed by atoms with Crippen molar-refractivity contribution >= 4 is 22.4 Å². The molecular weight excluding hydrogens is 310 g/mol. The highest BCUT2D eigenvalue weighted by molar-refractivity contribution is 5.95. The van der Waals surface area contributed by atoms with E-state index in [9.17, 15) is 4.79 Å². The maximum Gasteiger partial charge on any atom is 0.262 e. The van der Waals surface area contributed by atoms with Crippen LogP contribution in [0.15, 0.2) is 66.7 Å². The second-order valence-electron chi connectivity index (χ2n) is 6.28. The van der Waals surface area contributed by atoms with Gasteiger partial charge >= 0.3 is 0 Å². The predicted octanol–water partition coefficient (Wildman–Crippen LogP) is 5.37. The monoisotopic (exact) mass is 333 g/mol. The number of amides is 1. The van der Waals surface area contributed by atoms with Gasteiger partial charge in [-0.15, -0.1) is 0 Å². The molecule has 0 spiro atoms. The third-order valence-corrected chi connectivity index (χ3v) is 4.46. The first-order chi connectivity index (χ1) is 12.2. The van der Waals surface area contributed by atoms with Crippen LogP contribution in [0, 0.1) is 0 Å². The van der Waals surface area contributed by atoms with Crippen LogP contribution in [0.25, 0.3) is 10.8 Å². The molecule has 3 rings (SSSR count). The topological polar surface area (TPSA) is 38.3 Å². The summed E-state index contributed by atoms with van der Waals surface area (Å²) in [6.45, 7) is 4.37. The van der Waals surface area contributed by atoms with Crippen LogP contribution in [-0.2, 0) is 4.79 Å². The number of anilines is 1. The Morgan fingerprint density at radius 2 is 1.72 bits per heavy atom. The molecule has 0 aliphatic rings. The lowest BCUT2D eigenvalue weighted by Crippen LogP contribution is -2.20. The number of rotatable bonds is 6. The van der Waals surface area contributed by atoms with E-state index in [1.807, 2.05) is 54.6 Å². The molecule has 1 amide bonds. The van der Waals surface area contributed by atoms with Gasteiger partial charge in [0.15, 0.2) is 6.61 Å². The lowest BCUT2D eigenvalue weighted by atomic mass is 9.99. The number of carbonyl (C=O) groups is 1. The zero-order valence-corrected chi connectivity index (χ0v) is 14.7. The van der Waals surface area contributed by atoms with Crippen molar-refractivity contribution in [1.29, 1.82) is 0 Å². The van der Waals surface area contributed by atoms with Gasteiger partial charge in [-0.1, -0.05) is 56.3 Å². The molecule has 128 valence electrons. The van der Waals surface area contributed by atoms with Crippen molar-refractivity contribution in [3.63, 3.8) is 0 Å². The van der Waals surface area contributed by atoms with Crippen molar-refractivity contribution in [2.75, 3.05) is 11.9 Å². The summed E-state index contributed by atoms with van der Waals surface area (Å²) >= 11 is 0. The molecule has 25 heavy (non-hydrogen) atoms. The molecule has 0 aromatic heterocycles. The standard InChI is InChI=1S/C22H23NO2/c1-3-16(2)17-9-12-21(13-10-17)25-15-22(24)23-20-11-8-18-6-4-5-7-19(18)14-20/h4-14,16H,3,15H2,1-2H3,(H,23,24). The number of hydrogen-bond donors (Lipinski definition) is 1. The maximum absolute atomic E-state index is 12.1. The zero-order valence-electron chi connectivity index (χ0n) is 14.7. The summed E-state index contributed by atoms with van der Waals surface area (Å²) in [6.07, 6.45) is 1.11. The molecule has 0 saturated carbocycles. The summed E-state index contributed by atoms with van der Waals surface area (Å²) in [5.41, 5.74) is 2.06. The van der Waals surface area contributed by atoms with Gasteiger partial charge in [-0.25, -0.2) is 0 Å². The predicted molar refractivity (Wildman–Crippen MR) is 103 cm³/mol. The molecule has 0 saturated heterocycles. The Kier molecular flexibility index (Phi) is 5.34. The van der Waals surface area contributed by atoms with Crippen molar-refractivity contribution in [2.45, 2.75) is 26.2 Å². The fourth-order valence-corrected chi connectivity index (χ4v) is 2.74. The van der Waals surface area contributed by atoms with E-state index >= 15 is 0 Å². The number of carbonyl (C=O) groups excluding carboxylic acids is 1. The molecule has 3 aromatic carbocycles. The quantitative estimate of drug-likeness (QED) is 0.658. The van der Waals surface area contributed by atoms with Crippen LogP contribution in [0.1, 0.15) is 31.7 Å². The fourth-order valence-electron chi connectivity index (χ4n) is 2.74. The van der Waals surface area contributed by atoms with Gasteiger partial charge < -0.3 is 10.1 Å². The highest BCUT2D eigenvalue weighted by atomic mass is 16.5. The SMILES string of the molecule is CCC(C)c1ccc(OCC(=O)Nc2ccc3ccccc3c2)cc1. The van der Waals surface area contributed by atoms with E-state index in [0.29, 0.717) is 11.7 Å². The van der Waals surface area contributed by atoms with Gasteiger partial charge in [-0.2, -0.15) is 0 Å². The van der Waals surface area contributed by atoms with E-state index in [-0.39, 0.29) is 12.5 Å². The highest BCUT2D eigenvalue weighted by Crippen LogP contribution is 2.22. The Bertz CT molecular complexity index is 855. The summed E-state index contributed by atoms with van der Waals surface area (Å²) in [5.74, 6) is 1.08. The molecule has 0 aliphatic carbocycles. The smallest absolute Gasteiger partial charge is 0.262 e. The minimum atomic E-state index is -0.165. The van der Waals surface area contributed by atoms with Crippen molar-refractivity contribution in [3.05, 3.63) is 72.3 Å². The van der Waals surface area contributed by atoms with Gasteiger partial charge in [0, 0.05) is 5.69 Å². The Labute approximate surface area is 148 Å². The average molecular weight is 333 g/mol. The number of benzene rings is 3. The molecule has 1 atom stereocenters. The van der Waals surface area contributed by atoms with Gasteiger partial charge in [-0.05, 0) is 52.9 Å². The molecule has 3 nitrogen and oxygen atoms in total. The van der Waals surface area contributed by atoms with Crippen molar-refractivity contribution in [3.8, 4) is 5.75 Å². The number of hydrogen-bond acceptors (Lipinski definition) is 2. The first-order valence-electron chi connectivity index (χ1n) is 8.67. The molecular formula is C22H23NO2. The van der Waals surface area contributed by atoms with Crippen LogP contribution in [0.2, 0.25) is 0 Å². The Hall–Kier alpha value is -2.81. The van der Waals surface area contributed by atoms with E-state index in [2.05, 4.69) is 31.3 Å². The van der Waals surface area contributed by atoms with E-state index in [0.717, 1.165) is 22.9 Å². The van der Waals surface area contributed by atoms with Crippen LogP contribution >= 0.6 is 0 Å². The second kappa shape index (κ2) is 7.84. The van der Waals surface area contributed by atoms with Crippen molar-refractivity contribution < 1.29 is 9.53 Å². The largest absolute Gasteiger partial charge is 0.484 e. The zero-order chi connectivity index (χ0) is 17.6. The third kappa shape index (κ3) is 4.38. The van der Waals surface area contributed by atoms with Crippen LogP contribution in [0.3, 0.4) is 0 Å². The fraction of sp³-hybridized carbons (Fsp3) is 0.227. The lowest BCUT2D eigenvalue weighted by Gasteiger charge is -2.11. The molecule has 1 unspecified atom stereocenters. The van der Waals surface area contributed by atoms with Gasteiger partial charge in [0.05, 0.1) is 0 Å². The van der Waals surface area contributed by atoms with Crippen molar-refractivity contribution in [2.24, 2.45) is 0 Å². The van der Waals surface area contributed by atoms with Crippen LogP contribution in [0.5, 0.6) is 5.75 Å².